The predicted molar refractivity (Wildman–Crippen MR) is 77.5 cm³/mol. The Balaban J connectivity index is 3.21. The number of allylic oxidation sites excluding steroid dienone is 2. The maximum absolute atomic E-state index is 11.0. The fourth-order valence-electron chi connectivity index (χ4n) is 1.69. The van der Waals surface area contributed by atoms with Crippen molar-refractivity contribution in [2.24, 2.45) is 0 Å². The smallest absolute Gasteiger partial charge is 0.330 e. The van der Waals surface area contributed by atoms with Gasteiger partial charge in [0.1, 0.15) is 0 Å². The van der Waals surface area contributed by atoms with Gasteiger partial charge in [-0.05, 0) is 26.2 Å². The van der Waals surface area contributed by atoms with Crippen LogP contribution >= 0.6 is 0 Å². The molecular weight excluding hydrogens is 224 g/mol. The SMILES string of the molecule is C/C=C/C(=O)OCCC=CCCCCCCCC. The molecular formula is C16H28O2. The van der Waals surface area contributed by atoms with Crippen molar-refractivity contribution >= 4 is 5.97 Å². The van der Waals surface area contributed by atoms with E-state index in [-0.39, 0.29) is 5.97 Å². The largest absolute Gasteiger partial charge is 0.462 e. The van der Waals surface area contributed by atoms with Crippen molar-refractivity contribution in [3.05, 3.63) is 24.3 Å². The van der Waals surface area contributed by atoms with Crippen LogP contribution in [0.5, 0.6) is 0 Å². The summed E-state index contributed by atoms with van der Waals surface area (Å²) in [6.45, 7) is 4.53. The van der Waals surface area contributed by atoms with Gasteiger partial charge in [-0.15, -0.1) is 0 Å². The van der Waals surface area contributed by atoms with E-state index in [1.165, 1.54) is 44.6 Å². The molecule has 104 valence electrons. The lowest BCUT2D eigenvalue weighted by atomic mass is 10.1. The van der Waals surface area contributed by atoms with Gasteiger partial charge >= 0.3 is 5.97 Å². The Bertz CT molecular complexity index is 241. The fraction of sp³-hybridized carbons (Fsp3) is 0.688. The van der Waals surface area contributed by atoms with E-state index in [1.807, 2.05) is 6.92 Å². The molecule has 0 rings (SSSR count). The number of ether oxygens (including phenoxy) is 1. The molecule has 0 saturated carbocycles. The standard InChI is InChI=1S/C16H28O2/c1-3-5-6-7-8-9-10-11-12-13-15-18-16(17)14-4-2/h4,11-12,14H,3,5-10,13,15H2,1-2H3/b12-11?,14-4+. The molecule has 2 heteroatoms. The average molecular weight is 252 g/mol. The van der Waals surface area contributed by atoms with E-state index in [2.05, 4.69) is 19.1 Å². The quantitative estimate of drug-likeness (QED) is 0.228. The molecule has 0 amide bonds. The molecule has 0 heterocycles. The van der Waals surface area contributed by atoms with Crippen LogP contribution in [0.2, 0.25) is 0 Å². The summed E-state index contributed by atoms with van der Waals surface area (Å²) in [5.74, 6) is -0.248. The molecule has 0 aliphatic heterocycles. The van der Waals surface area contributed by atoms with Crippen molar-refractivity contribution in [1.82, 2.24) is 0 Å². The lowest BCUT2D eigenvalue weighted by Crippen LogP contribution is -2.00. The second-order valence-electron chi connectivity index (χ2n) is 4.48. The van der Waals surface area contributed by atoms with Crippen LogP contribution in [0.3, 0.4) is 0 Å². The fourth-order valence-corrected chi connectivity index (χ4v) is 1.69. The first-order valence-corrected chi connectivity index (χ1v) is 7.25. The lowest BCUT2D eigenvalue weighted by molar-refractivity contribution is -0.137. The number of rotatable bonds is 11. The van der Waals surface area contributed by atoms with Crippen LogP contribution in [0, 0.1) is 0 Å². The average Bonchev–Trinajstić information content (AvgIpc) is 2.36. The third-order valence-corrected chi connectivity index (χ3v) is 2.72. The topological polar surface area (TPSA) is 26.3 Å². The Labute approximate surface area is 112 Å². The van der Waals surface area contributed by atoms with Crippen molar-refractivity contribution in [2.75, 3.05) is 6.61 Å². The minimum absolute atomic E-state index is 0.248. The molecule has 0 aromatic heterocycles. The number of carbonyl (C=O) groups is 1. The molecule has 0 N–H and O–H groups in total. The monoisotopic (exact) mass is 252 g/mol. The highest BCUT2D eigenvalue weighted by Crippen LogP contribution is 2.07. The van der Waals surface area contributed by atoms with Gasteiger partial charge in [0.25, 0.3) is 0 Å². The minimum Gasteiger partial charge on any atom is -0.462 e. The van der Waals surface area contributed by atoms with Crippen LogP contribution in [0.25, 0.3) is 0 Å². The van der Waals surface area contributed by atoms with Crippen LogP contribution in [0.1, 0.15) is 65.2 Å². The van der Waals surface area contributed by atoms with E-state index < -0.39 is 0 Å². The van der Waals surface area contributed by atoms with Crippen molar-refractivity contribution in [3.63, 3.8) is 0 Å². The van der Waals surface area contributed by atoms with Crippen LogP contribution in [0.4, 0.5) is 0 Å². The zero-order valence-corrected chi connectivity index (χ0v) is 12.0. The van der Waals surface area contributed by atoms with Crippen molar-refractivity contribution in [3.8, 4) is 0 Å². The van der Waals surface area contributed by atoms with Crippen molar-refractivity contribution in [1.29, 1.82) is 0 Å². The van der Waals surface area contributed by atoms with E-state index in [0.717, 1.165) is 12.8 Å². The maximum Gasteiger partial charge on any atom is 0.330 e. The molecule has 0 radical (unpaired) electrons. The molecule has 18 heavy (non-hydrogen) atoms. The molecule has 0 bridgehead atoms. The summed E-state index contributed by atoms with van der Waals surface area (Å²) < 4.78 is 4.98. The Kier molecular flexibility index (Phi) is 13.2. The zero-order valence-electron chi connectivity index (χ0n) is 12.0. The Morgan fingerprint density at radius 3 is 2.39 bits per heavy atom. The van der Waals surface area contributed by atoms with E-state index >= 15 is 0 Å². The van der Waals surface area contributed by atoms with Gasteiger partial charge in [-0.25, -0.2) is 4.79 Å². The van der Waals surface area contributed by atoms with Crippen LogP contribution < -0.4 is 0 Å². The molecule has 0 atom stereocenters. The normalized spacial score (nSPS) is 11.4. The summed E-state index contributed by atoms with van der Waals surface area (Å²) in [7, 11) is 0. The van der Waals surface area contributed by atoms with Gasteiger partial charge in [0.2, 0.25) is 0 Å². The summed E-state index contributed by atoms with van der Waals surface area (Å²) in [6.07, 6.45) is 17.4. The zero-order chi connectivity index (χ0) is 13.5. The molecule has 0 unspecified atom stereocenters. The second-order valence-corrected chi connectivity index (χ2v) is 4.48. The summed E-state index contributed by atoms with van der Waals surface area (Å²) in [5, 5.41) is 0. The highest BCUT2D eigenvalue weighted by molar-refractivity contribution is 5.81. The molecule has 0 aliphatic carbocycles. The number of carbonyl (C=O) groups excluding carboxylic acids is 1. The first-order chi connectivity index (χ1) is 8.81. The second kappa shape index (κ2) is 14.0. The summed E-state index contributed by atoms with van der Waals surface area (Å²) in [4.78, 5) is 11.0. The molecule has 0 aromatic rings. The van der Waals surface area contributed by atoms with Gasteiger partial charge in [-0.3, -0.25) is 0 Å². The third-order valence-electron chi connectivity index (χ3n) is 2.72. The Morgan fingerprint density at radius 2 is 1.67 bits per heavy atom. The maximum atomic E-state index is 11.0. The molecule has 0 aliphatic rings. The first kappa shape index (κ1) is 16.9. The van der Waals surface area contributed by atoms with Gasteiger partial charge in [0.05, 0.1) is 6.61 Å². The predicted octanol–water partition coefficient (Wildman–Crippen LogP) is 4.80. The summed E-state index contributed by atoms with van der Waals surface area (Å²) in [6, 6.07) is 0. The number of hydrogen-bond acceptors (Lipinski definition) is 2. The van der Waals surface area contributed by atoms with E-state index in [9.17, 15) is 4.79 Å². The molecule has 0 spiro atoms. The Hall–Kier alpha value is -1.05. The molecule has 0 saturated heterocycles. The molecule has 0 aromatic carbocycles. The van der Waals surface area contributed by atoms with Crippen molar-refractivity contribution < 1.29 is 9.53 Å². The Morgan fingerprint density at radius 1 is 1.00 bits per heavy atom. The van der Waals surface area contributed by atoms with Gasteiger partial charge in [-0.2, -0.15) is 0 Å². The number of hydrogen-bond donors (Lipinski definition) is 0. The van der Waals surface area contributed by atoms with Crippen molar-refractivity contribution in [2.45, 2.75) is 65.2 Å². The third kappa shape index (κ3) is 13.0. The summed E-state index contributed by atoms with van der Waals surface area (Å²) in [5.41, 5.74) is 0. The number of unbranched alkanes of at least 4 members (excludes halogenated alkanes) is 6. The number of esters is 1. The first-order valence-electron chi connectivity index (χ1n) is 7.25. The minimum atomic E-state index is -0.248. The van der Waals surface area contributed by atoms with E-state index in [1.54, 1.807) is 6.08 Å². The van der Waals surface area contributed by atoms with Crippen LogP contribution in [-0.2, 0) is 9.53 Å². The molecule has 2 nitrogen and oxygen atoms in total. The van der Waals surface area contributed by atoms with Gasteiger partial charge in [0, 0.05) is 6.08 Å². The van der Waals surface area contributed by atoms with E-state index in [4.69, 9.17) is 4.74 Å². The highest BCUT2D eigenvalue weighted by atomic mass is 16.5. The van der Waals surface area contributed by atoms with Gasteiger partial charge in [-0.1, -0.05) is 57.3 Å². The lowest BCUT2D eigenvalue weighted by Gasteiger charge is -1.99. The van der Waals surface area contributed by atoms with Crippen LogP contribution in [-0.4, -0.2) is 12.6 Å². The van der Waals surface area contributed by atoms with E-state index in [0.29, 0.717) is 6.61 Å². The summed E-state index contributed by atoms with van der Waals surface area (Å²) >= 11 is 0. The van der Waals surface area contributed by atoms with Gasteiger partial charge in [0.15, 0.2) is 0 Å². The highest BCUT2D eigenvalue weighted by Gasteiger charge is 1.93. The molecule has 0 fully saturated rings. The van der Waals surface area contributed by atoms with Gasteiger partial charge < -0.3 is 4.74 Å². The van der Waals surface area contributed by atoms with Crippen LogP contribution in [0.15, 0.2) is 24.3 Å².